The SMILES string of the molecule is c1ccc(-c2cccc(N(c3ccc(-c4ccc5c(ccc6cc(-c7ccccc7)oc65)c4)cc3)c3ccc4c5ccccc5n(-c5ccccc5)c4c3)c2)cc1. The van der Waals surface area contributed by atoms with Gasteiger partial charge in [0.15, 0.2) is 0 Å². The van der Waals surface area contributed by atoms with Crippen LogP contribution in [0.4, 0.5) is 17.1 Å². The predicted molar refractivity (Wildman–Crippen MR) is 239 cm³/mol. The van der Waals surface area contributed by atoms with E-state index >= 15 is 0 Å². The van der Waals surface area contributed by atoms with Crippen molar-refractivity contribution in [2.75, 3.05) is 4.90 Å². The largest absolute Gasteiger partial charge is 0.455 e. The molecule has 268 valence electrons. The van der Waals surface area contributed by atoms with Gasteiger partial charge >= 0.3 is 0 Å². The van der Waals surface area contributed by atoms with Gasteiger partial charge in [0.1, 0.15) is 11.3 Å². The molecular weight excluding hydrogens is 693 g/mol. The quantitative estimate of drug-likeness (QED) is 0.163. The summed E-state index contributed by atoms with van der Waals surface area (Å²) in [6.07, 6.45) is 0. The monoisotopic (exact) mass is 728 g/mol. The molecule has 0 aliphatic carbocycles. The van der Waals surface area contributed by atoms with Crippen molar-refractivity contribution in [2.24, 2.45) is 0 Å². The van der Waals surface area contributed by atoms with Crippen LogP contribution < -0.4 is 4.90 Å². The minimum absolute atomic E-state index is 0.886. The van der Waals surface area contributed by atoms with Crippen molar-refractivity contribution in [1.82, 2.24) is 4.57 Å². The summed E-state index contributed by atoms with van der Waals surface area (Å²) in [6, 6.07) is 78.1. The summed E-state index contributed by atoms with van der Waals surface area (Å²) in [7, 11) is 0. The van der Waals surface area contributed by atoms with Crippen LogP contribution in [0.2, 0.25) is 0 Å². The van der Waals surface area contributed by atoms with Gasteiger partial charge in [0, 0.05) is 49.9 Å². The second-order valence-corrected chi connectivity index (χ2v) is 14.6. The fourth-order valence-corrected chi connectivity index (χ4v) is 8.41. The van der Waals surface area contributed by atoms with Gasteiger partial charge in [0.25, 0.3) is 0 Å². The van der Waals surface area contributed by atoms with Crippen molar-refractivity contribution >= 4 is 60.6 Å². The van der Waals surface area contributed by atoms with E-state index < -0.39 is 0 Å². The van der Waals surface area contributed by atoms with E-state index in [9.17, 15) is 0 Å². The number of furan rings is 1. The molecule has 3 heteroatoms. The zero-order valence-electron chi connectivity index (χ0n) is 31.1. The Morgan fingerprint density at radius 1 is 0.333 bits per heavy atom. The van der Waals surface area contributed by atoms with Crippen LogP contribution in [0.5, 0.6) is 0 Å². The average Bonchev–Trinajstić information content (AvgIpc) is 3.88. The van der Waals surface area contributed by atoms with Gasteiger partial charge in [-0.2, -0.15) is 0 Å². The number of aromatic nitrogens is 1. The average molecular weight is 729 g/mol. The molecule has 0 bridgehead atoms. The van der Waals surface area contributed by atoms with Crippen LogP contribution >= 0.6 is 0 Å². The molecule has 2 aromatic heterocycles. The minimum atomic E-state index is 0.886. The van der Waals surface area contributed by atoms with Crippen LogP contribution in [0.1, 0.15) is 0 Å². The third kappa shape index (κ3) is 5.76. The third-order valence-electron chi connectivity index (χ3n) is 11.2. The summed E-state index contributed by atoms with van der Waals surface area (Å²) >= 11 is 0. The lowest BCUT2D eigenvalue weighted by atomic mass is 9.99. The first kappa shape index (κ1) is 32.8. The molecule has 3 nitrogen and oxygen atoms in total. The van der Waals surface area contributed by atoms with Gasteiger partial charge in [0.2, 0.25) is 0 Å². The van der Waals surface area contributed by atoms with E-state index in [2.05, 4.69) is 210 Å². The summed E-state index contributed by atoms with van der Waals surface area (Å²) in [4.78, 5) is 2.38. The maximum absolute atomic E-state index is 6.44. The molecular formula is C54H36N2O. The van der Waals surface area contributed by atoms with Gasteiger partial charge in [-0.3, -0.25) is 0 Å². The lowest BCUT2D eigenvalue weighted by Gasteiger charge is -2.26. The van der Waals surface area contributed by atoms with Crippen LogP contribution in [0.3, 0.4) is 0 Å². The van der Waals surface area contributed by atoms with Crippen molar-refractivity contribution in [3.63, 3.8) is 0 Å². The van der Waals surface area contributed by atoms with Crippen molar-refractivity contribution in [3.05, 3.63) is 218 Å². The smallest absolute Gasteiger partial charge is 0.142 e. The zero-order chi connectivity index (χ0) is 37.7. The number of hydrogen-bond acceptors (Lipinski definition) is 2. The third-order valence-corrected chi connectivity index (χ3v) is 11.2. The fraction of sp³-hybridized carbons (Fsp3) is 0. The minimum Gasteiger partial charge on any atom is -0.455 e. The van der Waals surface area contributed by atoms with Crippen molar-refractivity contribution in [2.45, 2.75) is 0 Å². The molecule has 0 saturated heterocycles. The fourth-order valence-electron chi connectivity index (χ4n) is 8.41. The highest BCUT2D eigenvalue weighted by Gasteiger charge is 2.18. The normalized spacial score (nSPS) is 11.5. The Labute approximate surface area is 330 Å². The van der Waals surface area contributed by atoms with Crippen LogP contribution in [0, 0.1) is 0 Å². The zero-order valence-corrected chi connectivity index (χ0v) is 31.1. The number of anilines is 3. The summed E-state index contributed by atoms with van der Waals surface area (Å²) in [5, 5.41) is 5.84. The standard InChI is InChI=1S/C54H36N2O/c1-4-13-37(14-5-1)40-17-12-20-46(34-40)55(47-30-32-50-49-21-10-11-22-51(49)56(52(50)36-47)44-18-8-3-9-19-44)45-28-25-38(26-29-45)41-27-31-48-42(33-41)23-24-43-35-53(57-54(43)48)39-15-6-2-7-16-39/h1-36H. The van der Waals surface area contributed by atoms with Gasteiger partial charge in [0.05, 0.1) is 11.0 Å². The number of benzene rings is 9. The van der Waals surface area contributed by atoms with E-state index in [4.69, 9.17) is 4.42 Å². The van der Waals surface area contributed by atoms with E-state index in [1.807, 2.05) is 18.2 Å². The van der Waals surface area contributed by atoms with Gasteiger partial charge in [-0.15, -0.1) is 0 Å². The van der Waals surface area contributed by atoms with Crippen LogP contribution in [-0.2, 0) is 0 Å². The number of hydrogen-bond donors (Lipinski definition) is 0. The van der Waals surface area contributed by atoms with E-state index in [0.717, 1.165) is 66.9 Å². The summed E-state index contributed by atoms with van der Waals surface area (Å²) in [6.45, 7) is 0. The molecule has 0 aliphatic heterocycles. The Bertz CT molecular complexity index is 3220. The molecule has 0 unspecified atom stereocenters. The first-order valence-corrected chi connectivity index (χ1v) is 19.4. The Balaban J connectivity index is 1.02. The van der Waals surface area contributed by atoms with E-state index in [1.165, 1.54) is 32.9 Å². The lowest BCUT2D eigenvalue weighted by Crippen LogP contribution is -2.10. The lowest BCUT2D eigenvalue weighted by molar-refractivity contribution is 0.635. The van der Waals surface area contributed by atoms with Crippen LogP contribution in [0.15, 0.2) is 223 Å². The molecule has 57 heavy (non-hydrogen) atoms. The molecule has 0 saturated carbocycles. The molecule has 0 radical (unpaired) electrons. The number of para-hydroxylation sites is 2. The maximum atomic E-state index is 6.44. The summed E-state index contributed by atoms with van der Waals surface area (Å²) < 4.78 is 8.83. The van der Waals surface area contributed by atoms with Crippen LogP contribution in [-0.4, -0.2) is 4.57 Å². The number of rotatable bonds is 7. The molecule has 0 amide bonds. The van der Waals surface area contributed by atoms with E-state index in [1.54, 1.807) is 0 Å². The summed E-state index contributed by atoms with van der Waals surface area (Å²) in [5.41, 5.74) is 13.4. The predicted octanol–water partition coefficient (Wildman–Crippen LogP) is 15.2. The summed E-state index contributed by atoms with van der Waals surface area (Å²) in [5.74, 6) is 0.886. The first-order valence-electron chi connectivity index (χ1n) is 19.4. The molecule has 0 spiro atoms. The highest BCUT2D eigenvalue weighted by atomic mass is 16.3. The molecule has 0 fully saturated rings. The van der Waals surface area contributed by atoms with E-state index in [-0.39, 0.29) is 0 Å². The number of nitrogens with zero attached hydrogens (tertiary/aromatic N) is 2. The molecule has 0 N–H and O–H groups in total. The van der Waals surface area contributed by atoms with Crippen molar-refractivity contribution in [1.29, 1.82) is 0 Å². The van der Waals surface area contributed by atoms with Gasteiger partial charge in [-0.05, 0) is 100 Å². The second-order valence-electron chi connectivity index (χ2n) is 14.6. The molecule has 0 atom stereocenters. The molecule has 9 aromatic carbocycles. The Morgan fingerprint density at radius 3 is 1.72 bits per heavy atom. The molecule has 11 aromatic rings. The van der Waals surface area contributed by atoms with Crippen molar-refractivity contribution in [3.8, 4) is 39.3 Å². The molecule has 0 aliphatic rings. The highest BCUT2D eigenvalue weighted by Crippen LogP contribution is 2.42. The van der Waals surface area contributed by atoms with E-state index in [0.29, 0.717) is 0 Å². The van der Waals surface area contributed by atoms with Gasteiger partial charge in [-0.25, -0.2) is 0 Å². The van der Waals surface area contributed by atoms with Gasteiger partial charge < -0.3 is 13.9 Å². The highest BCUT2D eigenvalue weighted by molar-refractivity contribution is 6.10. The Morgan fingerprint density at radius 2 is 0.912 bits per heavy atom. The van der Waals surface area contributed by atoms with Crippen LogP contribution in [0.25, 0.3) is 82.8 Å². The topological polar surface area (TPSA) is 21.3 Å². The maximum Gasteiger partial charge on any atom is 0.142 e. The second kappa shape index (κ2) is 13.6. The van der Waals surface area contributed by atoms with Gasteiger partial charge in [-0.1, -0.05) is 146 Å². The Hall–Kier alpha value is -7.62. The number of fused-ring (bicyclic) bond motifs is 6. The van der Waals surface area contributed by atoms with Crippen molar-refractivity contribution < 1.29 is 4.42 Å². The molecule has 11 rings (SSSR count). The first-order chi connectivity index (χ1) is 28.2. The molecule has 2 heterocycles. The Kier molecular flexibility index (Phi) is 7.82.